The maximum atomic E-state index is 11.9. The molecule has 0 aliphatic carbocycles. The maximum absolute atomic E-state index is 11.9. The van der Waals surface area contributed by atoms with Gasteiger partial charge in [0, 0.05) is 6.20 Å². The summed E-state index contributed by atoms with van der Waals surface area (Å²) in [7, 11) is 1.55. The average Bonchev–Trinajstić information content (AvgIpc) is 3.07. The van der Waals surface area contributed by atoms with Crippen LogP contribution in [-0.4, -0.2) is 13.0 Å². The lowest BCUT2D eigenvalue weighted by molar-refractivity contribution is -0.117. The number of carbonyl (C=O) groups is 1. The number of nitrogens with zero attached hydrogens (tertiary/aromatic N) is 1. The lowest BCUT2D eigenvalue weighted by Crippen LogP contribution is -2.24. The van der Waals surface area contributed by atoms with Crippen LogP contribution in [0, 0.1) is 11.3 Å². The van der Waals surface area contributed by atoms with Gasteiger partial charge in [0.15, 0.2) is 0 Å². The smallest absolute Gasteiger partial charge is 0.263 e. The number of nitrogens with one attached hydrogen (secondary N) is 2. The Bertz CT molecular complexity index is 700. The quantitative estimate of drug-likeness (QED) is 0.631. The van der Waals surface area contributed by atoms with E-state index < -0.39 is 5.91 Å². The van der Waals surface area contributed by atoms with Crippen molar-refractivity contribution in [1.82, 2.24) is 5.32 Å². The molecule has 2 rings (SSSR count). The molecule has 0 unspecified atom stereocenters. The number of para-hydroxylation sites is 2. The Kier molecular flexibility index (Phi) is 5.21. The molecule has 0 fully saturated rings. The zero-order valence-electron chi connectivity index (χ0n) is 12.0. The molecule has 0 atom stereocenters. The summed E-state index contributed by atoms with van der Waals surface area (Å²) >= 11 is 0. The molecule has 2 N–H and O–H groups in total. The number of hydrogen-bond donors (Lipinski definition) is 2. The van der Waals surface area contributed by atoms with E-state index in [2.05, 4.69) is 10.6 Å². The van der Waals surface area contributed by atoms with Crippen LogP contribution < -0.4 is 15.4 Å². The first-order valence-corrected chi connectivity index (χ1v) is 6.55. The lowest BCUT2D eigenvalue weighted by Gasteiger charge is -2.08. The van der Waals surface area contributed by atoms with Gasteiger partial charge in [-0.1, -0.05) is 12.1 Å². The highest BCUT2D eigenvalue weighted by Crippen LogP contribution is 2.23. The van der Waals surface area contributed by atoms with Crippen LogP contribution in [-0.2, 0) is 11.3 Å². The molecule has 0 radical (unpaired) electrons. The standard InChI is InChI=1S/C16H15N3O3/c1-21-15-7-3-2-6-14(15)18-10-12(9-17)16(20)19-11-13-5-4-8-22-13/h2-8,10,18H,11H2,1H3,(H,19,20)/b12-10-. The number of hydrogen-bond acceptors (Lipinski definition) is 5. The molecule has 0 saturated heterocycles. The van der Waals surface area contributed by atoms with Crippen LogP contribution in [0.3, 0.4) is 0 Å². The highest BCUT2D eigenvalue weighted by Gasteiger charge is 2.09. The van der Waals surface area contributed by atoms with E-state index in [1.165, 1.54) is 12.5 Å². The van der Waals surface area contributed by atoms with Crippen LogP contribution in [0.2, 0.25) is 0 Å². The largest absolute Gasteiger partial charge is 0.495 e. The van der Waals surface area contributed by atoms with Crippen molar-refractivity contribution < 1.29 is 13.9 Å². The van der Waals surface area contributed by atoms with Gasteiger partial charge in [-0.3, -0.25) is 4.79 Å². The molecular weight excluding hydrogens is 282 g/mol. The fourth-order valence-electron chi connectivity index (χ4n) is 1.74. The third-order valence-electron chi connectivity index (χ3n) is 2.85. The summed E-state index contributed by atoms with van der Waals surface area (Å²) in [4.78, 5) is 11.9. The summed E-state index contributed by atoms with van der Waals surface area (Å²) in [6.07, 6.45) is 2.86. The second-order valence-corrected chi connectivity index (χ2v) is 4.28. The molecule has 0 bridgehead atoms. The van der Waals surface area contributed by atoms with Gasteiger partial charge >= 0.3 is 0 Å². The van der Waals surface area contributed by atoms with Crippen molar-refractivity contribution in [3.63, 3.8) is 0 Å². The van der Waals surface area contributed by atoms with Gasteiger partial charge in [0.25, 0.3) is 5.91 Å². The average molecular weight is 297 g/mol. The Balaban J connectivity index is 2.01. The van der Waals surface area contributed by atoms with Crippen molar-refractivity contribution in [2.24, 2.45) is 0 Å². The normalized spacial score (nSPS) is 10.6. The third-order valence-corrected chi connectivity index (χ3v) is 2.85. The minimum Gasteiger partial charge on any atom is -0.495 e. The molecule has 0 aliphatic heterocycles. The summed E-state index contributed by atoms with van der Waals surface area (Å²) in [6, 6.07) is 12.5. The molecular formula is C16H15N3O3. The van der Waals surface area contributed by atoms with Gasteiger partial charge in [-0.15, -0.1) is 0 Å². The maximum Gasteiger partial charge on any atom is 0.263 e. The SMILES string of the molecule is COc1ccccc1N/C=C(/C#N)C(=O)NCc1ccco1. The number of carbonyl (C=O) groups excluding carboxylic acids is 1. The number of benzene rings is 1. The van der Waals surface area contributed by atoms with Gasteiger partial charge in [-0.05, 0) is 24.3 Å². The molecule has 0 spiro atoms. The second-order valence-electron chi connectivity index (χ2n) is 4.28. The van der Waals surface area contributed by atoms with E-state index in [-0.39, 0.29) is 12.1 Å². The summed E-state index contributed by atoms with van der Waals surface area (Å²) in [5.74, 6) is 0.747. The van der Waals surface area contributed by atoms with Crippen LogP contribution in [0.25, 0.3) is 0 Å². The fourth-order valence-corrected chi connectivity index (χ4v) is 1.74. The first-order valence-electron chi connectivity index (χ1n) is 6.55. The number of furan rings is 1. The molecule has 0 aliphatic rings. The predicted octanol–water partition coefficient (Wildman–Crippen LogP) is 2.42. The van der Waals surface area contributed by atoms with E-state index in [1.54, 1.807) is 31.4 Å². The van der Waals surface area contributed by atoms with E-state index in [4.69, 9.17) is 14.4 Å². The second kappa shape index (κ2) is 7.55. The van der Waals surface area contributed by atoms with Crippen LogP contribution in [0.4, 0.5) is 5.69 Å². The number of ether oxygens (including phenoxy) is 1. The van der Waals surface area contributed by atoms with Crippen molar-refractivity contribution in [2.45, 2.75) is 6.54 Å². The van der Waals surface area contributed by atoms with Crippen molar-refractivity contribution in [3.05, 3.63) is 60.2 Å². The van der Waals surface area contributed by atoms with Crippen LogP contribution in [0.5, 0.6) is 5.75 Å². The molecule has 6 heteroatoms. The molecule has 22 heavy (non-hydrogen) atoms. The Morgan fingerprint density at radius 2 is 2.18 bits per heavy atom. The van der Waals surface area contributed by atoms with Crippen LogP contribution >= 0.6 is 0 Å². The molecule has 1 heterocycles. The summed E-state index contributed by atoms with van der Waals surface area (Å²) in [5.41, 5.74) is 0.619. The molecule has 1 amide bonds. The van der Waals surface area contributed by atoms with Gasteiger partial charge in [-0.25, -0.2) is 0 Å². The lowest BCUT2D eigenvalue weighted by atomic mass is 10.2. The molecule has 1 aromatic carbocycles. The fraction of sp³-hybridized carbons (Fsp3) is 0.125. The zero-order valence-corrected chi connectivity index (χ0v) is 12.0. The number of methoxy groups -OCH3 is 1. The number of nitriles is 1. The molecule has 0 saturated carbocycles. The molecule has 1 aromatic heterocycles. The van der Waals surface area contributed by atoms with Gasteiger partial charge in [0.2, 0.25) is 0 Å². The Morgan fingerprint density at radius 3 is 2.86 bits per heavy atom. The van der Waals surface area contributed by atoms with E-state index in [0.717, 1.165) is 0 Å². The van der Waals surface area contributed by atoms with Crippen LogP contribution in [0.15, 0.2) is 58.9 Å². The minimum absolute atomic E-state index is 0.0440. The van der Waals surface area contributed by atoms with E-state index in [9.17, 15) is 4.79 Å². The minimum atomic E-state index is -0.485. The summed E-state index contributed by atoms with van der Waals surface area (Å²) in [5, 5.41) is 14.6. The van der Waals surface area contributed by atoms with Crippen molar-refractivity contribution in [1.29, 1.82) is 5.26 Å². The molecule has 112 valence electrons. The molecule has 6 nitrogen and oxygen atoms in total. The van der Waals surface area contributed by atoms with Gasteiger partial charge in [-0.2, -0.15) is 5.26 Å². The Hall–Kier alpha value is -3.20. The first kappa shape index (κ1) is 15.2. The van der Waals surface area contributed by atoms with Gasteiger partial charge in [0.05, 0.1) is 25.6 Å². The van der Waals surface area contributed by atoms with Crippen LogP contribution in [0.1, 0.15) is 5.76 Å². The third kappa shape index (κ3) is 3.90. The Morgan fingerprint density at radius 1 is 1.36 bits per heavy atom. The first-order chi connectivity index (χ1) is 10.7. The summed E-state index contributed by atoms with van der Waals surface area (Å²) < 4.78 is 10.3. The number of anilines is 1. The van der Waals surface area contributed by atoms with Gasteiger partial charge < -0.3 is 19.8 Å². The topological polar surface area (TPSA) is 87.3 Å². The van der Waals surface area contributed by atoms with E-state index in [0.29, 0.717) is 17.2 Å². The highest BCUT2D eigenvalue weighted by molar-refractivity contribution is 5.97. The van der Waals surface area contributed by atoms with E-state index in [1.807, 2.05) is 18.2 Å². The van der Waals surface area contributed by atoms with Crippen molar-refractivity contribution in [3.8, 4) is 11.8 Å². The molecule has 2 aromatic rings. The Labute approximate surface area is 128 Å². The predicted molar refractivity (Wildman–Crippen MR) is 80.9 cm³/mol. The number of amides is 1. The number of rotatable bonds is 6. The highest BCUT2D eigenvalue weighted by atomic mass is 16.5. The van der Waals surface area contributed by atoms with Crippen molar-refractivity contribution in [2.75, 3.05) is 12.4 Å². The van der Waals surface area contributed by atoms with Gasteiger partial charge in [0.1, 0.15) is 23.2 Å². The van der Waals surface area contributed by atoms with Crippen molar-refractivity contribution >= 4 is 11.6 Å². The monoisotopic (exact) mass is 297 g/mol. The van der Waals surface area contributed by atoms with E-state index >= 15 is 0 Å². The zero-order chi connectivity index (χ0) is 15.8. The summed E-state index contributed by atoms with van der Waals surface area (Å²) in [6.45, 7) is 0.222.